The summed E-state index contributed by atoms with van der Waals surface area (Å²) in [4.78, 5) is 35.3. The molecule has 0 aliphatic carbocycles. The number of nitrogens with zero attached hydrogens (tertiary/aromatic N) is 3. The molecule has 166 valence electrons. The molecule has 4 N–H and O–H groups in total. The van der Waals surface area contributed by atoms with Gasteiger partial charge in [0.05, 0.1) is 11.8 Å². The van der Waals surface area contributed by atoms with Crippen molar-refractivity contribution in [3.8, 4) is 0 Å². The summed E-state index contributed by atoms with van der Waals surface area (Å²) in [5, 5.41) is 34.0. The predicted molar refractivity (Wildman–Crippen MR) is 105 cm³/mol. The van der Waals surface area contributed by atoms with Gasteiger partial charge < -0.3 is 25.0 Å². The molecule has 29 heavy (non-hydrogen) atoms. The lowest BCUT2D eigenvalue weighted by molar-refractivity contribution is -0.165. The van der Waals surface area contributed by atoms with E-state index in [1.54, 1.807) is 0 Å². The molecule has 0 unspecified atom stereocenters. The van der Waals surface area contributed by atoms with E-state index >= 15 is 0 Å². The van der Waals surface area contributed by atoms with Crippen LogP contribution in [0.2, 0.25) is 0 Å². The highest BCUT2D eigenvalue weighted by Crippen LogP contribution is 2.37. The van der Waals surface area contributed by atoms with E-state index in [0.29, 0.717) is 38.4 Å². The van der Waals surface area contributed by atoms with Gasteiger partial charge in [-0.2, -0.15) is 0 Å². The number of likely N-dealkylation sites (tertiary alicyclic amines) is 1. The maximum absolute atomic E-state index is 11.9. The van der Waals surface area contributed by atoms with Crippen molar-refractivity contribution >= 4 is 18.9 Å². The molecule has 1 saturated heterocycles. The standard InChI is InChI=1S/C17H29N3O3.2CH2O2/c1-12(2)5-7-17(16(22)23)11-20(8-6-15(17)21)10-14-9-19(4)13(3)18-14;2*2-1-3/h9,12,15,21H,5-8,10-11H2,1-4H3,(H,22,23);2*1H,(H,2,3)/t15-,17+;;/m0../s1. The molecular weight excluding hydrogens is 382 g/mol. The quantitative estimate of drug-likeness (QED) is 0.502. The van der Waals surface area contributed by atoms with Crippen LogP contribution in [0.5, 0.6) is 0 Å². The Morgan fingerprint density at radius 3 is 2.31 bits per heavy atom. The summed E-state index contributed by atoms with van der Waals surface area (Å²) in [6, 6.07) is 0. The number of aliphatic hydroxyl groups is 1. The van der Waals surface area contributed by atoms with E-state index in [9.17, 15) is 15.0 Å². The minimum Gasteiger partial charge on any atom is -0.483 e. The van der Waals surface area contributed by atoms with Crippen LogP contribution in [-0.2, 0) is 28.0 Å². The molecular formula is C19H33N3O7. The molecule has 2 heterocycles. The number of carbonyl (C=O) groups is 3. The molecule has 0 bridgehead atoms. The van der Waals surface area contributed by atoms with Gasteiger partial charge in [0.15, 0.2) is 0 Å². The number of carboxylic acids is 1. The van der Waals surface area contributed by atoms with E-state index in [0.717, 1.165) is 17.9 Å². The molecule has 1 aliphatic rings. The molecule has 0 spiro atoms. The van der Waals surface area contributed by atoms with Crippen molar-refractivity contribution < 1.29 is 34.8 Å². The molecule has 1 aromatic rings. The first-order valence-corrected chi connectivity index (χ1v) is 9.36. The van der Waals surface area contributed by atoms with Crippen molar-refractivity contribution in [1.82, 2.24) is 14.5 Å². The van der Waals surface area contributed by atoms with E-state index in [1.807, 2.05) is 24.7 Å². The first-order valence-electron chi connectivity index (χ1n) is 9.36. The number of carboxylic acid groups (broad SMARTS) is 3. The second kappa shape index (κ2) is 12.9. The van der Waals surface area contributed by atoms with E-state index in [-0.39, 0.29) is 12.9 Å². The Kier molecular flexibility index (Phi) is 11.8. The Labute approximate surface area is 170 Å². The number of aryl methyl sites for hydroxylation is 2. The van der Waals surface area contributed by atoms with Crippen molar-refractivity contribution in [2.45, 2.75) is 52.7 Å². The summed E-state index contributed by atoms with van der Waals surface area (Å²) in [5.74, 6) is 0.487. The van der Waals surface area contributed by atoms with Gasteiger partial charge in [-0.05, 0) is 32.1 Å². The largest absolute Gasteiger partial charge is 0.483 e. The second-order valence-electron chi connectivity index (χ2n) is 7.51. The third-order valence-electron chi connectivity index (χ3n) is 5.00. The number of imidazole rings is 1. The lowest BCUT2D eigenvalue weighted by atomic mass is 9.73. The zero-order chi connectivity index (χ0) is 22.6. The van der Waals surface area contributed by atoms with Crippen molar-refractivity contribution in [1.29, 1.82) is 0 Å². The number of aliphatic carboxylic acids is 1. The third-order valence-corrected chi connectivity index (χ3v) is 5.00. The summed E-state index contributed by atoms with van der Waals surface area (Å²) in [5.41, 5.74) is -0.115. The van der Waals surface area contributed by atoms with Gasteiger partial charge in [0.25, 0.3) is 12.9 Å². The molecule has 0 amide bonds. The molecule has 10 nitrogen and oxygen atoms in total. The fourth-order valence-electron chi connectivity index (χ4n) is 3.35. The Bertz CT molecular complexity index is 622. The normalized spacial score (nSPS) is 21.4. The number of hydrogen-bond acceptors (Lipinski definition) is 6. The Morgan fingerprint density at radius 2 is 1.90 bits per heavy atom. The highest BCUT2D eigenvalue weighted by molar-refractivity contribution is 5.76. The number of aromatic nitrogens is 2. The smallest absolute Gasteiger partial charge is 0.313 e. The van der Waals surface area contributed by atoms with Crippen LogP contribution in [0.15, 0.2) is 6.20 Å². The van der Waals surface area contributed by atoms with Crippen molar-refractivity contribution in [3.05, 3.63) is 17.7 Å². The zero-order valence-corrected chi connectivity index (χ0v) is 17.5. The molecule has 2 rings (SSSR count). The first kappa shape index (κ1) is 26.5. The van der Waals surface area contributed by atoms with Gasteiger partial charge >= 0.3 is 5.97 Å². The van der Waals surface area contributed by atoms with E-state index in [4.69, 9.17) is 19.8 Å². The average molecular weight is 415 g/mol. The molecule has 1 aliphatic heterocycles. The third kappa shape index (κ3) is 8.20. The van der Waals surface area contributed by atoms with E-state index < -0.39 is 17.5 Å². The summed E-state index contributed by atoms with van der Waals surface area (Å²) in [7, 11) is 1.95. The maximum Gasteiger partial charge on any atom is 0.313 e. The molecule has 0 radical (unpaired) electrons. The van der Waals surface area contributed by atoms with Gasteiger partial charge in [-0.15, -0.1) is 0 Å². The Morgan fingerprint density at radius 1 is 1.34 bits per heavy atom. The summed E-state index contributed by atoms with van der Waals surface area (Å²) >= 11 is 0. The predicted octanol–water partition coefficient (Wildman–Crippen LogP) is 1.20. The van der Waals surface area contributed by atoms with E-state index in [2.05, 4.69) is 23.7 Å². The Hall–Kier alpha value is -2.46. The van der Waals surface area contributed by atoms with Crippen LogP contribution in [-0.4, -0.2) is 73.0 Å². The topological polar surface area (TPSA) is 153 Å². The molecule has 1 fully saturated rings. The first-order chi connectivity index (χ1) is 13.6. The molecule has 1 aromatic heterocycles. The van der Waals surface area contributed by atoms with Gasteiger partial charge in [-0.3, -0.25) is 19.3 Å². The van der Waals surface area contributed by atoms with E-state index in [1.165, 1.54) is 0 Å². The van der Waals surface area contributed by atoms with Crippen LogP contribution in [0.4, 0.5) is 0 Å². The molecule has 10 heteroatoms. The summed E-state index contributed by atoms with van der Waals surface area (Å²) in [6.07, 6.45) is 3.02. The summed E-state index contributed by atoms with van der Waals surface area (Å²) in [6.45, 7) is 7.33. The van der Waals surface area contributed by atoms with Crippen molar-refractivity contribution in [3.63, 3.8) is 0 Å². The number of rotatable bonds is 6. The fourth-order valence-corrected chi connectivity index (χ4v) is 3.35. The lowest BCUT2D eigenvalue weighted by Gasteiger charge is -2.43. The number of aliphatic hydroxyl groups excluding tert-OH is 1. The van der Waals surface area contributed by atoms with Gasteiger partial charge in [0.2, 0.25) is 0 Å². The summed E-state index contributed by atoms with van der Waals surface area (Å²) < 4.78 is 1.97. The van der Waals surface area contributed by atoms with Crippen LogP contribution < -0.4 is 0 Å². The molecule has 2 atom stereocenters. The minimum atomic E-state index is -1.06. The van der Waals surface area contributed by atoms with Crippen LogP contribution in [0.25, 0.3) is 0 Å². The molecule has 0 aromatic carbocycles. The van der Waals surface area contributed by atoms with Gasteiger partial charge in [-0.1, -0.05) is 13.8 Å². The highest BCUT2D eigenvalue weighted by Gasteiger charge is 2.48. The van der Waals surface area contributed by atoms with Crippen molar-refractivity contribution in [2.75, 3.05) is 13.1 Å². The van der Waals surface area contributed by atoms with Gasteiger partial charge in [-0.25, -0.2) is 4.98 Å². The average Bonchev–Trinajstić information content (AvgIpc) is 2.94. The minimum absolute atomic E-state index is 0.250. The monoisotopic (exact) mass is 415 g/mol. The molecule has 0 saturated carbocycles. The SMILES string of the molecule is Cc1nc(CN2CC[C@H](O)[C@](CCC(C)C)(C(=O)O)C2)cn1C.O=CO.O=CO. The zero-order valence-electron chi connectivity index (χ0n) is 17.5. The highest BCUT2D eigenvalue weighted by atomic mass is 16.4. The van der Waals surface area contributed by atoms with Gasteiger partial charge in [0, 0.05) is 32.9 Å². The van der Waals surface area contributed by atoms with Crippen LogP contribution in [0.1, 0.15) is 44.6 Å². The fraction of sp³-hybridized carbons (Fsp3) is 0.684. The van der Waals surface area contributed by atoms with Crippen LogP contribution >= 0.6 is 0 Å². The van der Waals surface area contributed by atoms with Crippen molar-refractivity contribution in [2.24, 2.45) is 18.4 Å². The number of hydrogen-bond donors (Lipinski definition) is 4. The second-order valence-corrected chi connectivity index (χ2v) is 7.51. The van der Waals surface area contributed by atoms with Gasteiger partial charge in [0.1, 0.15) is 11.2 Å². The Balaban J connectivity index is 0.00000116. The maximum atomic E-state index is 11.9. The van der Waals surface area contributed by atoms with Crippen LogP contribution in [0.3, 0.4) is 0 Å². The van der Waals surface area contributed by atoms with Crippen LogP contribution in [0, 0.1) is 18.3 Å². The lowest BCUT2D eigenvalue weighted by Crippen LogP contribution is -2.55. The number of piperidine rings is 1.